The Labute approximate surface area is 132 Å². The number of amides is 2. The van der Waals surface area contributed by atoms with Crippen LogP contribution in [0.1, 0.15) is 26.2 Å². The molecule has 1 rings (SSSR count). The number of ether oxygens (including phenoxy) is 2. The first-order valence-corrected chi connectivity index (χ1v) is 6.91. The van der Waals surface area contributed by atoms with Gasteiger partial charge in [-0.15, -0.1) is 5.06 Å². The fraction of sp³-hybridized carbons (Fsp3) is 0.500. The summed E-state index contributed by atoms with van der Waals surface area (Å²) in [7, 11) is 0. The lowest BCUT2D eigenvalue weighted by atomic mass is 10.0. The predicted molar refractivity (Wildman–Crippen MR) is 73.1 cm³/mol. The van der Waals surface area contributed by atoms with Gasteiger partial charge < -0.3 is 14.3 Å². The summed E-state index contributed by atoms with van der Waals surface area (Å²) in [6.45, 7) is 4.55. The normalized spacial score (nSPS) is 16.9. The molecule has 0 aromatic rings. The highest BCUT2D eigenvalue weighted by Crippen LogP contribution is 2.23. The van der Waals surface area contributed by atoms with Gasteiger partial charge in [0.2, 0.25) is 0 Å². The Morgan fingerprint density at radius 1 is 1.22 bits per heavy atom. The maximum atomic E-state index is 11.9. The van der Waals surface area contributed by atoms with E-state index in [9.17, 15) is 24.0 Å². The van der Waals surface area contributed by atoms with Gasteiger partial charge in [-0.3, -0.25) is 19.2 Å². The molecule has 1 unspecified atom stereocenters. The van der Waals surface area contributed by atoms with Crippen molar-refractivity contribution in [2.75, 3.05) is 13.2 Å². The van der Waals surface area contributed by atoms with Gasteiger partial charge in [0.25, 0.3) is 11.8 Å². The van der Waals surface area contributed by atoms with Gasteiger partial charge in [0.05, 0.1) is 12.3 Å². The van der Waals surface area contributed by atoms with E-state index in [4.69, 9.17) is 9.47 Å². The van der Waals surface area contributed by atoms with Crippen LogP contribution in [0.5, 0.6) is 0 Å². The minimum atomic E-state index is -0.953. The maximum Gasteiger partial charge on any atom is 0.356 e. The molecule has 1 heterocycles. The van der Waals surface area contributed by atoms with E-state index in [-0.39, 0.29) is 32.5 Å². The summed E-state index contributed by atoms with van der Waals surface area (Å²) in [4.78, 5) is 61.4. The van der Waals surface area contributed by atoms with Crippen LogP contribution < -0.4 is 0 Å². The van der Waals surface area contributed by atoms with E-state index < -0.39 is 35.6 Å². The van der Waals surface area contributed by atoms with Crippen molar-refractivity contribution in [2.45, 2.75) is 26.2 Å². The first kappa shape index (κ1) is 18.3. The minimum Gasteiger partial charge on any atom is -0.462 e. The van der Waals surface area contributed by atoms with Crippen LogP contribution in [-0.2, 0) is 38.3 Å². The first-order chi connectivity index (χ1) is 10.9. The zero-order chi connectivity index (χ0) is 17.4. The van der Waals surface area contributed by atoms with Crippen molar-refractivity contribution in [1.82, 2.24) is 5.06 Å². The molecule has 9 heteroatoms. The summed E-state index contributed by atoms with van der Waals surface area (Å²) >= 11 is 0. The van der Waals surface area contributed by atoms with Gasteiger partial charge >= 0.3 is 17.9 Å². The third-order valence-corrected chi connectivity index (χ3v) is 2.86. The van der Waals surface area contributed by atoms with Crippen molar-refractivity contribution in [3.63, 3.8) is 0 Å². The fourth-order valence-electron chi connectivity index (χ4n) is 1.73. The smallest absolute Gasteiger partial charge is 0.356 e. The summed E-state index contributed by atoms with van der Waals surface area (Å²) in [6, 6.07) is 0. The van der Waals surface area contributed by atoms with Gasteiger partial charge in [-0.25, -0.2) is 4.79 Å². The lowest BCUT2D eigenvalue weighted by molar-refractivity contribution is -0.194. The largest absolute Gasteiger partial charge is 0.462 e. The number of nitrogens with zero attached hydrogens (tertiary/aromatic N) is 1. The predicted octanol–water partition coefficient (Wildman–Crippen LogP) is -0.108. The summed E-state index contributed by atoms with van der Waals surface area (Å²) in [6.07, 6.45) is 0.420. The van der Waals surface area contributed by atoms with Crippen molar-refractivity contribution < 1.29 is 38.3 Å². The number of carbonyl (C=O) groups is 5. The van der Waals surface area contributed by atoms with E-state index in [0.717, 1.165) is 6.08 Å². The average molecular weight is 327 g/mol. The zero-order valence-electron chi connectivity index (χ0n) is 12.6. The molecule has 0 aromatic carbocycles. The van der Waals surface area contributed by atoms with E-state index in [0.29, 0.717) is 5.06 Å². The lowest BCUT2D eigenvalue weighted by Gasteiger charge is -2.12. The van der Waals surface area contributed by atoms with E-state index in [1.54, 1.807) is 6.92 Å². The van der Waals surface area contributed by atoms with Crippen LogP contribution in [0, 0.1) is 5.92 Å². The van der Waals surface area contributed by atoms with Gasteiger partial charge in [0, 0.05) is 18.9 Å². The van der Waals surface area contributed by atoms with Crippen molar-refractivity contribution in [3.05, 3.63) is 12.7 Å². The summed E-state index contributed by atoms with van der Waals surface area (Å²) in [5.74, 6) is -4.56. The second-order valence-corrected chi connectivity index (χ2v) is 4.54. The molecule has 1 aliphatic heterocycles. The van der Waals surface area contributed by atoms with Crippen LogP contribution >= 0.6 is 0 Å². The zero-order valence-corrected chi connectivity index (χ0v) is 12.6. The molecular weight excluding hydrogens is 310 g/mol. The number of imide groups is 1. The summed E-state index contributed by atoms with van der Waals surface area (Å²) < 4.78 is 9.51. The minimum absolute atomic E-state index is 0.0843. The van der Waals surface area contributed by atoms with Gasteiger partial charge in [0.1, 0.15) is 13.2 Å². The van der Waals surface area contributed by atoms with Crippen molar-refractivity contribution in [3.8, 4) is 0 Å². The molecule has 23 heavy (non-hydrogen) atoms. The molecule has 1 saturated heterocycles. The average Bonchev–Trinajstić information content (AvgIpc) is 2.78. The number of rotatable bonds is 8. The van der Waals surface area contributed by atoms with Gasteiger partial charge in [-0.05, 0) is 0 Å². The van der Waals surface area contributed by atoms with Gasteiger partial charge in [0.15, 0.2) is 0 Å². The molecule has 1 fully saturated rings. The molecule has 2 amide bonds. The van der Waals surface area contributed by atoms with Crippen LogP contribution in [0.15, 0.2) is 12.7 Å². The second kappa shape index (κ2) is 8.66. The summed E-state index contributed by atoms with van der Waals surface area (Å²) in [5.41, 5.74) is 0. The monoisotopic (exact) mass is 327 g/mol. The number of esters is 2. The van der Waals surface area contributed by atoms with Gasteiger partial charge in [-0.2, -0.15) is 0 Å². The Kier molecular flexibility index (Phi) is 6.91. The molecule has 0 N–H and O–H groups in total. The Morgan fingerprint density at radius 2 is 1.83 bits per heavy atom. The molecule has 1 aliphatic rings. The van der Waals surface area contributed by atoms with Crippen LogP contribution in [0.3, 0.4) is 0 Å². The number of hydrogen-bond acceptors (Lipinski definition) is 8. The molecule has 0 saturated carbocycles. The molecule has 0 aliphatic carbocycles. The quantitative estimate of drug-likeness (QED) is 0.262. The second-order valence-electron chi connectivity index (χ2n) is 4.54. The molecule has 126 valence electrons. The third-order valence-electron chi connectivity index (χ3n) is 2.86. The molecular formula is C14H17NO8. The number of hydroxylamine groups is 2. The van der Waals surface area contributed by atoms with Crippen molar-refractivity contribution in [1.29, 1.82) is 0 Å². The van der Waals surface area contributed by atoms with E-state index in [1.807, 2.05) is 0 Å². The molecule has 0 radical (unpaired) electrons. The SMILES string of the molecule is C=CC(=O)ON1C(=O)CC(CC(=O)OCCOC(=O)CC)C1=O. The van der Waals surface area contributed by atoms with Crippen LogP contribution in [-0.4, -0.2) is 48.0 Å². The van der Waals surface area contributed by atoms with Crippen molar-refractivity contribution in [2.24, 2.45) is 5.92 Å². The highest BCUT2D eigenvalue weighted by molar-refractivity contribution is 6.04. The highest BCUT2D eigenvalue weighted by Gasteiger charge is 2.42. The molecule has 0 bridgehead atoms. The van der Waals surface area contributed by atoms with Crippen LogP contribution in [0.25, 0.3) is 0 Å². The first-order valence-electron chi connectivity index (χ1n) is 6.91. The standard InChI is InChI=1S/C14H17NO8/c1-3-11(17)21-5-6-22-13(19)8-9-7-10(16)15(14(9)20)23-12(18)4-2/h4,9H,2-3,5-8H2,1H3. The van der Waals surface area contributed by atoms with E-state index in [1.165, 1.54) is 0 Å². The van der Waals surface area contributed by atoms with E-state index in [2.05, 4.69) is 11.4 Å². The Bertz CT molecular complexity index is 527. The number of carbonyl (C=O) groups excluding carboxylic acids is 5. The van der Waals surface area contributed by atoms with Gasteiger partial charge in [-0.1, -0.05) is 13.5 Å². The van der Waals surface area contributed by atoms with Crippen molar-refractivity contribution >= 4 is 29.7 Å². The maximum absolute atomic E-state index is 11.9. The lowest BCUT2D eigenvalue weighted by Crippen LogP contribution is -2.33. The molecule has 9 nitrogen and oxygen atoms in total. The van der Waals surface area contributed by atoms with Crippen LogP contribution in [0.2, 0.25) is 0 Å². The third kappa shape index (κ3) is 5.53. The van der Waals surface area contributed by atoms with E-state index >= 15 is 0 Å². The Morgan fingerprint density at radius 3 is 2.39 bits per heavy atom. The number of hydrogen-bond donors (Lipinski definition) is 0. The Hall–Kier alpha value is -2.71. The topological polar surface area (TPSA) is 116 Å². The fourth-order valence-corrected chi connectivity index (χ4v) is 1.73. The Balaban J connectivity index is 2.39. The highest BCUT2D eigenvalue weighted by atomic mass is 16.7. The molecule has 0 aromatic heterocycles. The van der Waals surface area contributed by atoms with Crippen LogP contribution in [0.4, 0.5) is 0 Å². The summed E-state index contributed by atoms with van der Waals surface area (Å²) in [5, 5.41) is 0.324. The molecule has 1 atom stereocenters. The molecule has 0 spiro atoms.